The summed E-state index contributed by atoms with van der Waals surface area (Å²) in [4.78, 5) is 4.20. The molecule has 0 aliphatic heterocycles. The highest BCUT2D eigenvalue weighted by atomic mass is 127. The Labute approximate surface area is 136 Å². The molecule has 1 aromatic carbocycles. The van der Waals surface area contributed by atoms with Gasteiger partial charge in [-0.15, -0.1) is 24.0 Å². The van der Waals surface area contributed by atoms with Gasteiger partial charge in [0, 0.05) is 18.1 Å². The number of aliphatic hydroxyl groups is 1. The predicted molar refractivity (Wildman–Crippen MR) is 91.6 cm³/mol. The van der Waals surface area contributed by atoms with Crippen molar-refractivity contribution in [2.75, 3.05) is 26.2 Å². The number of aliphatic imine (C=N–C) groups is 1. The number of aliphatic hydroxyl groups excluding tert-OH is 1. The average Bonchev–Trinajstić information content (AvgIpc) is 2.38. The van der Waals surface area contributed by atoms with Crippen LogP contribution in [0.1, 0.15) is 12.5 Å². The van der Waals surface area contributed by atoms with E-state index >= 15 is 0 Å². The first-order chi connectivity index (χ1) is 8.77. The van der Waals surface area contributed by atoms with Crippen LogP contribution in [0.5, 0.6) is 0 Å². The first kappa shape index (κ1) is 18.5. The van der Waals surface area contributed by atoms with Crippen LogP contribution >= 0.6 is 35.6 Å². The van der Waals surface area contributed by atoms with E-state index in [0.29, 0.717) is 6.54 Å². The number of guanidine groups is 1. The molecule has 0 aliphatic carbocycles. The molecule has 0 amide bonds. The van der Waals surface area contributed by atoms with Gasteiger partial charge in [0.2, 0.25) is 0 Å². The van der Waals surface area contributed by atoms with Crippen LogP contribution in [0.2, 0.25) is 5.02 Å². The van der Waals surface area contributed by atoms with Crippen molar-refractivity contribution in [3.63, 3.8) is 0 Å². The molecule has 0 unspecified atom stereocenters. The summed E-state index contributed by atoms with van der Waals surface area (Å²) in [6.07, 6.45) is 0.837. The van der Waals surface area contributed by atoms with Gasteiger partial charge in [0.1, 0.15) is 0 Å². The number of hydrogen-bond donors (Lipinski definition) is 3. The zero-order valence-corrected chi connectivity index (χ0v) is 14.1. The minimum atomic E-state index is 0. The van der Waals surface area contributed by atoms with Gasteiger partial charge in [0.25, 0.3) is 0 Å². The number of nitrogens with one attached hydrogen (secondary N) is 2. The molecule has 1 aromatic rings. The fraction of sp³-hybridized carbons (Fsp3) is 0.462. The van der Waals surface area contributed by atoms with Crippen LogP contribution in [0.3, 0.4) is 0 Å². The van der Waals surface area contributed by atoms with Crippen molar-refractivity contribution in [2.24, 2.45) is 4.99 Å². The molecule has 0 atom stereocenters. The largest absolute Gasteiger partial charge is 0.394 e. The molecule has 0 saturated carbocycles. The van der Waals surface area contributed by atoms with Crippen molar-refractivity contribution < 1.29 is 5.11 Å². The minimum Gasteiger partial charge on any atom is -0.394 e. The molecular weight excluding hydrogens is 377 g/mol. The SMILES string of the molecule is CCNC(=NCCO)NCCc1ccccc1Cl.I. The molecule has 108 valence electrons. The summed E-state index contributed by atoms with van der Waals surface area (Å²) in [6, 6.07) is 7.81. The summed E-state index contributed by atoms with van der Waals surface area (Å²) >= 11 is 6.08. The van der Waals surface area contributed by atoms with E-state index in [1.54, 1.807) is 0 Å². The molecule has 0 heterocycles. The van der Waals surface area contributed by atoms with Gasteiger partial charge in [-0.25, -0.2) is 0 Å². The van der Waals surface area contributed by atoms with E-state index < -0.39 is 0 Å². The van der Waals surface area contributed by atoms with E-state index in [-0.39, 0.29) is 30.6 Å². The summed E-state index contributed by atoms with van der Waals surface area (Å²) in [7, 11) is 0. The van der Waals surface area contributed by atoms with E-state index in [9.17, 15) is 0 Å². The number of rotatable bonds is 6. The zero-order valence-electron chi connectivity index (χ0n) is 11.0. The van der Waals surface area contributed by atoms with Gasteiger partial charge in [-0.1, -0.05) is 29.8 Å². The Hall–Kier alpha value is -0.530. The van der Waals surface area contributed by atoms with Gasteiger partial charge in [0.15, 0.2) is 5.96 Å². The van der Waals surface area contributed by atoms with Crippen LogP contribution < -0.4 is 10.6 Å². The number of benzene rings is 1. The third-order valence-electron chi connectivity index (χ3n) is 2.36. The molecule has 0 saturated heterocycles. The normalized spacial score (nSPS) is 10.8. The van der Waals surface area contributed by atoms with Crippen molar-refractivity contribution in [1.29, 1.82) is 0 Å². The lowest BCUT2D eigenvalue weighted by Gasteiger charge is -2.11. The van der Waals surface area contributed by atoms with Crippen LogP contribution in [0.25, 0.3) is 0 Å². The van der Waals surface area contributed by atoms with Gasteiger partial charge >= 0.3 is 0 Å². The number of nitrogens with zero attached hydrogens (tertiary/aromatic N) is 1. The maximum Gasteiger partial charge on any atom is 0.191 e. The quantitative estimate of drug-likeness (QED) is 0.391. The lowest BCUT2D eigenvalue weighted by molar-refractivity contribution is 0.306. The molecule has 6 heteroatoms. The van der Waals surface area contributed by atoms with Gasteiger partial charge in [0.05, 0.1) is 13.2 Å². The molecule has 1 rings (SSSR count). The first-order valence-electron chi connectivity index (χ1n) is 6.14. The zero-order chi connectivity index (χ0) is 13.2. The Morgan fingerprint density at radius 2 is 2.05 bits per heavy atom. The summed E-state index contributed by atoms with van der Waals surface area (Å²) in [5.41, 5.74) is 1.12. The lowest BCUT2D eigenvalue weighted by Crippen LogP contribution is -2.38. The summed E-state index contributed by atoms with van der Waals surface area (Å²) in [5, 5.41) is 15.8. The fourth-order valence-corrected chi connectivity index (χ4v) is 1.75. The second kappa shape index (κ2) is 11.3. The van der Waals surface area contributed by atoms with E-state index in [2.05, 4.69) is 15.6 Å². The highest BCUT2D eigenvalue weighted by Gasteiger charge is 2.00. The van der Waals surface area contributed by atoms with Crippen molar-refractivity contribution in [3.05, 3.63) is 34.9 Å². The molecule has 0 spiro atoms. The molecule has 0 aromatic heterocycles. The van der Waals surface area contributed by atoms with Crippen LogP contribution in [0, 0.1) is 0 Å². The average molecular weight is 398 g/mol. The van der Waals surface area contributed by atoms with Crippen molar-refractivity contribution in [1.82, 2.24) is 10.6 Å². The van der Waals surface area contributed by atoms with E-state index in [4.69, 9.17) is 16.7 Å². The topological polar surface area (TPSA) is 56.7 Å². The third kappa shape index (κ3) is 7.59. The molecule has 19 heavy (non-hydrogen) atoms. The lowest BCUT2D eigenvalue weighted by atomic mass is 10.1. The summed E-state index contributed by atoms with van der Waals surface area (Å²) < 4.78 is 0. The van der Waals surface area contributed by atoms with Crippen LogP contribution in [0.15, 0.2) is 29.3 Å². The maximum atomic E-state index is 8.74. The second-order valence-electron chi connectivity index (χ2n) is 3.75. The molecule has 0 radical (unpaired) electrons. The Morgan fingerprint density at radius 1 is 1.32 bits per heavy atom. The molecule has 0 aliphatic rings. The van der Waals surface area contributed by atoms with Gasteiger partial charge < -0.3 is 15.7 Å². The third-order valence-corrected chi connectivity index (χ3v) is 2.73. The molecule has 3 N–H and O–H groups in total. The van der Waals surface area contributed by atoms with E-state index in [1.165, 1.54) is 0 Å². The smallest absolute Gasteiger partial charge is 0.191 e. The van der Waals surface area contributed by atoms with Crippen LogP contribution in [-0.2, 0) is 6.42 Å². The Kier molecular flexibility index (Phi) is 11.0. The van der Waals surface area contributed by atoms with Crippen LogP contribution in [-0.4, -0.2) is 37.3 Å². The standard InChI is InChI=1S/C13H20ClN3O.HI/c1-2-15-13(17-9-10-18)16-8-7-11-5-3-4-6-12(11)14;/h3-6,18H,2,7-10H2,1H3,(H2,15,16,17);1H. The Balaban J connectivity index is 0.00000324. The molecule has 0 bridgehead atoms. The summed E-state index contributed by atoms with van der Waals surface area (Å²) in [5.74, 6) is 0.721. The minimum absolute atomic E-state index is 0. The highest BCUT2D eigenvalue weighted by Crippen LogP contribution is 2.14. The molecule has 0 fully saturated rings. The maximum absolute atomic E-state index is 8.74. The Bertz CT molecular complexity index is 388. The molecule has 4 nitrogen and oxygen atoms in total. The van der Waals surface area contributed by atoms with Gasteiger partial charge in [-0.05, 0) is 25.0 Å². The highest BCUT2D eigenvalue weighted by molar-refractivity contribution is 14.0. The first-order valence-corrected chi connectivity index (χ1v) is 6.52. The van der Waals surface area contributed by atoms with Crippen LogP contribution in [0.4, 0.5) is 0 Å². The van der Waals surface area contributed by atoms with E-state index in [1.807, 2.05) is 31.2 Å². The Morgan fingerprint density at radius 3 is 2.68 bits per heavy atom. The number of hydrogen-bond acceptors (Lipinski definition) is 2. The van der Waals surface area contributed by atoms with Gasteiger partial charge in [-0.2, -0.15) is 0 Å². The molecular formula is C13H21ClIN3O. The summed E-state index contributed by atoms with van der Waals surface area (Å²) in [6.45, 7) is 4.01. The van der Waals surface area contributed by atoms with Crippen molar-refractivity contribution in [2.45, 2.75) is 13.3 Å². The predicted octanol–water partition coefficient (Wildman–Crippen LogP) is 2.05. The fourth-order valence-electron chi connectivity index (χ4n) is 1.52. The second-order valence-corrected chi connectivity index (χ2v) is 4.16. The van der Waals surface area contributed by atoms with E-state index in [0.717, 1.165) is 36.1 Å². The van der Waals surface area contributed by atoms with Crippen molar-refractivity contribution in [3.8, 4) is 0 Å². The van der Waals surface area contributed by atoms with Crippen molar-refractivity contribution >= 4 is 41.5 Å². The number of halogens is 2. The van der Waals surface area contributed by atoms with Gasteiger partial charge in [-0.3, -0.25) is 4.99 Å². The monoisotopic (exact) mass is 397 g/mol.